The van der Waals surface area contributed by atoms with E-state index in [9.17, 15) is 4.79 Å². The molecule has 0 aliphatic carbocycles. The number of aryl methyl sites for hydroxylation is 1. The maximum atomic E-state index is 11.5. The van der Waals surface area contributed by atoms with Gasteiger partial charge in [-0.3, -0.25) is 0 Å². The summed E-state index contributed by atoms with van der Waals surface area (Å²) in [6.45, 7) is 4.70. The van der Waals surface area contributed by atoms with Crippen LogP contribution >= 0.6 is 11.3 Å². The van der Waals surface area contributed by atoms with Crippen LogP contribution in [0.3, 0.4) is 0 Å². The first-order chi connectivity index (χ1) is 9.65. The Morgan fingerprint density at radius 1 is 1.60 bits per heavy atom. The first-order valence-electron chi connectivity index (χ1n) is 6.48. The Bertz CT molecular complexity index is 576. The minimum absolute atomic E-state index is 0.126. The van der Waals surface area contributed by atoms with Crippen molar-refractivity contribution in [2.75, 3.05) is 7.11 Å². The monoisotopic (exact) mass is 294 g/mol. The summed E-state index contributed by atoms with van der Waals surface area (Å²) in [7, 11) is 1.34. The zero-order valence-electron chi connectivity index (χ0n) is 11.8. The van der Waals surface area contributed by atoms with Gasteiger partial charge >= 0.3 is 5.97 Å². The lowest BCUT2D eigenvalue weighted by Gasteiger charge is -2.10. The predicted molar refractivity (Wildman–Crippen MR) is 76.8 cm³/mol. The summed E-state index contributed by atoms with van der Waals surface area (Å²) in [6.07, 6.45) is 4.40. The molecule has 2 rings (SSSR count). The van der Waals surface area contributed by atoms with Crippen LogP contribution in [0.2, 0.25) is 0 Å². The molecule has 0 radical (unpaired) electrons. The normalized spacial score (nSPS) is 12.3. The Morgan fingerprint density at radius 2 is 2.40 bits per heavy atom. The van der Waals surface area contributed by atoms with Gasteiger partial charge in [0.2, 0.25) is 5.76 Å². The van der Waals surface area contributed by atoms with Crippen molar-refractivity contribution in [3.8, 4) is 0 Å². The maximum Gasteiger partial charge on any atom is 0.374 e. The summed E-state index contributed by atoms with van der Waals surface area (Å²) < 4.78 is 9.82. The third-order valence-electron chi connectivity index (χ3n) is 3.01. The summed E-state index contributed by atoms with van der Waals surface area (Å²) >= 11 is 1.70. The number of aromatic nitrogens is 1. The number of hydrogen-bond acceptors (Lipinski definition) is 6. The van der Waals surface area contributed by atoms with Crippen LogP contribution < -0.4 is 5.32 Å². The lowest BCUT2D eigenvalue weighted by Crippen LogP contribution is -2.19. The molecule has 2 aromatic heterocycles. The summed E-state index contributed by atoms with van der Waals surface area (Å²) in [5.74, 6) is -0.206. The molecule has 1 atom stereocenters. The molecule has 20 heavy (non-hydrogen) atoms. The van der Waals surface area contributed by atoms with E-state index in [1.165, 1.54) is 18.3 Å². The molecule has 0 aliphatic heterocycles. The smallest absolute Gasteiger partial charge is 0.374 e. The number of furan rings is 1. The lowest BCUT2D eigenvalue weighted by atomic mass is 10.2. The van der Waals surface area contributed by atoms with Gasteiger partial charge in [-0.15, -0.1) is 11.3 Å². The Kier molecular flexibility index (Phi) is 4.92. The average Bonchev–Trinajstić information content (AvgIpc) is 3.12. The molecule has 0 aliphatic rings. The molecular weight excluding hydrogens is 276 g/mol. The largest absolute Gasteiger partial charge is 0.463 e. The van der Waals surface area contributed by atoms with Gasteiger partial charge in [-0.05, 0) is 19.4 Å². The van der Waals surface area contributed by atoms with Crippen LogP contribution in [0, 0.1) is 0 Å². The van der Waals surface area contributed by atoms with Gasteiger partial charge in [0.15, 0.2) is 0 Å². The maximum absolute atomic E-state index is 11.5. The van der Waals surface area contributed by atoms with Gasteiger partial charge < -0.3 is 14.5 Å². The zero-order valence-corrected chi connectivity index (χ0v) is 12.6. The van der Waals surface area contributed by atoms with Crippen molar-refractivity contribution < 1.29 is 13.9 Å². The van der Waals surface area contributed by atoms with Crippen molar-refractivity contribution in [2.24, 2.45) is 0 Å². The van der Waals surface area contributed by atoms with E-state index in [2.05, 4.69) is 28.9 Å². The highest BCUT2D eigenvalue weighted by Crippen LogP contribution is 2.21. The first-order valence-corrected chi connectivity index (χ1v) is 7.30. The summed E-state index contributed by atoms with van der Waals surface area (Å²) in [5.41, 5.74) is 0.788. The number of rotatable bonds is 6. The number of ether oxygens (including phenoxy) is 1. The molecule has 2 heterocycles. The number of carbonyl (C=O) groups excluding carboxylic acids is 1. The number of nitrogens with zero attached hydrogens (tertiary/aromatic N) is 1. The molecule has 108 valence electrons. The van der Waals surface area contributed by atoms with E-state index in [1.807, 2.05) is 6.20 Å². The van der Waals surface area contributed by atoms with Gasteiger partial charge in [-0.1, -0.05) is 6.92 Å². The molecule has 0 aromatic carbocycles. The summed E-state index contributed by atoms with van der Waals surface area (Å²) in [5, 5.41) is 4.38. The Morgan fingerprint density at radius 3 is 3.05 bits per heavy atom. The third kappa shape index (κ3) is 3.26. The van der Waals surface area contributed by atoms with Gasteiger partial charge in [0.05, 0.1) is 19.4 Å². The SMILES string of the molecule is CCc1cnc(C(C)NCc2ccoc2C(=O)OC)s1. The zero-order chi connectivity index (χ0) is 14.5. The minimum atomic E-state index is -0.457. The van der Waals surface area contributed by atoms with E-state index >= 15 is 0 Å². The van der Waals surface area contributed by atoms with E-state index in [-0.39, 0.29) is 11.8 Å². The van der Waals surface area contributed by atoms with Crippen molar-refractivity contribution in [3.63, 3.8) is 0 Å². The van der Waals surface area contributed by atoms with Crippen LogP contribution in [0.15, 0.2) is 22.9 Å². The Labute approximate surface area is 122 Å². The van der Waals surface area contributed by atoms with Crippen molar-refractivity contribution in [3.05, 3.63) is 39.7 Å². The van der Waals surface area contributed by atoms with Crippen LogP contribution in [-0.2, 0) is 17.7 Å². The highest BCUT2D eigenvalue weighted by atomic mass is 32.1. The fourth-order valence-corrected chi connectivity index (χ4v) is 2.67. The lowest BCUT2D eigenvalue weighted by molar-refractivity contribution is 0.0563. The first kappa shape index (κ1) is 14.7. The minimum Gasteiger partial charge on any atom is -0.463 e. The molecular formula is C14H18N2O3S. The molecule has 2 aromatic rings. The highest BCUT2D eigenvalue weighted by Gasteiger charge is 2.17. The van der Waals surface area contributed by atoms with Crippen molar-refractivity contribution in [1.29, 1.82) is 0 Å². The van der Waals surface area contributed by atoms with Crippen LogP contribution in [-0.4, -0.2) is 18.1 Å². The van der Waals surface area contributed by atoms with Crippen molar-refractivity contribution in [1.82, 2.24) is 10.3 Å². The summed E-state index contributed by atoms with van der Waals surface area (Å²) in [4.78, 5) is 17.2. The van der Waals surface area contributed by atoms with Gasteiger partial charge in [0, 0.05) is 23.2 Å². The molecule has 6 heteroatoms. The van der Waals surface area contributed by atoms with E-state index in [0.717, 1.165) is 17.0 Å². The highest BCUT2D eigenvalue weighted by molar-refractivity contribution is 7.11. The van der Waals surface area contributed by atoms with Crippen molar-refractivity contribution >= 4 is 17.3 Å². The number of thiazole rings is 1. The van der Waals surface area contributed by atoms with Crippen LogP contribution in [0.25, 0.3) is 0 Å². The van der Waals surface area contributed by atoms with Gasteiger partial charge in [-0.2, -0.15) is 0 Å². The second kappa shape index (κ2) is 6.67. The average molecular weight is 294 g/mol. The Hall–Kier alpha value is -1.66. The fraction of sp³-hybridized carbons (Fsp3) is 0.429. The number of hydrogen-bond donors (Lipinski definition) is 1. The predicted octanol–water partition coefficient (Wildman–Crippen LogP) is 2.94. The fourth-order valence-electron chi connectivity index (χ4n) is 1.78. The molecule has 1 N–H and O–H groups in total. The van der Waals surface area contributed by atoms with Crippen molar-refractivity contribution in [2.45, 2.75) is 32.9 Å². The molecule has 5 nitrogen and oxygen atoms in total. The molecule has 0 amide bonds. The van der Waals surface area contributed by atoms with E-state index in [0.29, 0.717) is 6.54 Å². The molecule has 0 bridgehead atoms. The van der Waals surface area contributed by atoms with Gasteiger partial charge in [0.1, 0.15) is 5.01 Å². The van der Waals surface area contributed by atoms with E-state index in [4.69, 9.17) is 4.42 Å². The standard InChI is InChI=1S/C14H18N2O3S/c1-4-11-8-16-13(20-11)9(2)15-7-10-5-6-19-12(10)14(17)18-3/h5-6,8-9,15H,4,7H2,1-3H3. The second-order valence-corrected chi connectivity index (χ2v) is 5.53. The number of esters is 1. The molecule has 0 saturated heterocycles. The van der Waals surface area contributed by atoms with Crippen LogP contribution in [0.5, 0.6) is 0 Å². The molecule has 1 unspecified atom stereocenters. The number of carbonyl (C=O) groups is 1. The Balaban J connectivity index is 1.98. The second-order valence-electron chi connectivity index (χ2n) is 4.39. The van der Waals surface area contributed by atoms with Crippen LogP contribution in [0.1, 0.15) is 45.9 Å². The number of nitrogens with one attached hydrogen (secondary N) is 1. The van der Waals surface area contributed by atoms with Gasteiger partial charge in [-0.25, -0.2) is 9.78 Å². The number of methoxy groups -OCH3 is 1. The quantitative estimate of drug-likeness (QED) is 0.830. The topological polar surface area (TPSA) is 64.4 Å². The molecule has 0 fully saturated rings. The van der Waals surface area contributed by atoms with E-state index in [1.54, 1.807) is 17.4 Å². The van der Waals surface area contributed by atoms with E-state index < -0.39 is 5.97 Å². The van der Waals surface area contributed by atoms with Crippen LogP contribution in [0.4, 0.5) is 0 Å². The molecule has 0 saturated carbocycles. The van der Waals surface area contributed by atoms with Gasteiger partial charge in [0.25, 0.3) is 0 Å². The summed E-state index contributed by atoms with van der Waals surface area (Å²) in [6, 6.07) is 1.89. The third-order valence-corrected chi connectivity index (χ3v) is 4.33. The molecule has 0 spiro atoms.